The molecule has 0 aliphatic heterocycles. The molecule has 4 heteroatoms. The van der Waals surface area contributed by atoms with Crippen molar-refractivity contribution < 1.29 is 9.53 Å². The van der Waals surface area contributed by atoms with E-state index in [2.05, 4.69) is 22.8 Å². The average molecular weight is 302 g/mol. The molecule has 22 heavy (non-hydrogen) atoms. The molecule has 0 spiro atoms. The second-order valence-electron chi connectivity index (χ2n) is 5.86. The molecule has 4 nitrogen and oxygen atoms in total. The highest BCUT2D eigenvalue weighted by Crippen LogP contribution is 2.05. The van der Waals surface area contributed by atoms with Crippen LogP contribution in [0.3, 0.4) is 0 Å². The zero-order valence-corrected chi connectivity index (χ0v) is 13.6. The van der Waals surface area contributed by atoms with Crippen molar-refractivity contribution in [3.8, 4) is 0 Å². The minimum atomic E-state index is -0.461. The fraction of sp³-hybridized carbons (Fsp3) is 0.389. The Bertz CT molecular complexity index is 484. The predicted molar refractivity (Wildman–Crippen MR) is 90.0 cm³/mol. The van der Waals surface area contributed by atoms with Crippen LogP contribution in [0.4, 0.5) is 4.79 Å². The van der Waals surface area contributed by atoms with Crippen LogP contribution in [-0.4, -0.2) is 24.8 Å². The minimum absolute atomic E-state index is 0.382. The smallest absolute Gasteiger partial charge is 0.407 e. The zero-order valence-electron chi connectivity index (χ0n) is 13.6. The summed E-state index contributed by atoms with van der Waals surface area (Å²) in [7, 11) is 0. The summed E-state index contributed by atoms with van der Waals surface area (Å²) in [5.74, 6) is 0. The van der Waals surface area contributed by atoms with Gasteiger partial charge in [0.25, 0.3) is 0 Å². The van der Waals surface area contributed by atoms with E-state index < -0.39 is 5.60 Å². The summed E-state index contributed by atoms with van der Waals surface area (Å²) in [6, 6.07) is 18.1. The summed E-state index contributed by atoms with van der Waals surface area (Å²) in [4.78, 5) is 11.5. The summed E-state index contributed by atoms with van der Waals surface area (Å²) in [6.07, 6.45) is -0.382. The van der Waals surface area contributed by atoms with E-state index in [4.69, 9.17) is 4.74 Å². The average Bonchev–Trinajstić information content (AvgIpc) is 2.43. The molecule has 0 unspecified atom stereocenters. The standard InChI is InChI=1S/C18H26N2O2/c1-18(2,3)22-17(21)20-14-13-19-15-16-11-9-7-5-4-6-8-10-12-16/h4-12,19H,13-15H2,1-3H3,(H,20,21). The van der Waals surface area contributed by atoms with Crippen molar-refractivity contribution in [2.75, 3.05) is 13.1 Å². The van der Waals surface area contributed by atoms with Crippen LogP contribution < -0.4 is 10.6 Å². The van der Waals surface area contributed by atoms with Gasteiger partial charge in [-0.05, 0) is 26.3 Å². The van der Waals surface area contributed by atoms with Gasteiger partial charge in [0, 0.05) is 19.6 Å². The van der Waals surface area contributed by atoms with Crippen LogP contribution in [0.1, 0.15) is 26.3 Å². The number of hydrogen-bond donors (Lipinski definition) is 2. The number of nitrogens with one attached hydrogen (secondary N) is 2. The SMILES string of the molecule is CC(C)(C)OC(=O)NCCNCc1ccccccccc1. The molecule has 2 N–H and O–H groups in total. The van der Waals surface area contributed by atoms with Crippen LogP contribution in [0.15, 0.2) is 54.6 Å². The van der Waals surface area contributed by atoms with Gasteiger partial charge in [0.1, 0.15) is 5.60 Å². The van der Waals surface area contributed by atoms with Crippen molar-refractivity contribution in [1.29, 1.82) is 0 Å². The number of carbonyl (C=O) groups excluding carboxylic acids is 1. The summed E-state index contributed by atoms with van der Waals surface area (Å²) in [6.45, 7) is 7.50. The Morgan fingerprint density at radius 3 is 2.05 bits per heavy atom. The van der Waals surface area contributed by atoms with Gasteiger partial charge in [0.2, 0.25) is 0 Å². The Labute approximate surface area is 133 Å². The van der Waals surface area contributed by atoms with E-state index in [9.17, 15) is 4.79 Å². The van der Waals surface area contributed by atoms with Crippen LogP contribution in [0.25, 0.3) is 0 Å². The first-order valence-electron chi connectivity index (χ1n) is 7.52. The lowest BCUT2D eigenvalue weighted by Gasteiger charge is -2.19. The summed E-state index contributed by atoms with van der Waals surface area (Å²) >= 11 is 0. The van der Waals surface area contributed by atoms with Gasteiger partial charge in [-0.3, -0.25) is 0 Å². The maximum atomic E-state index is 11.5. The summed E-state index contributed by atoms with van der Waals surface area (Å²) in [5, 5.41) is 6.01. The Balaban J connectivity index is 2.32. The molecule has 1 amide bonds. The predicted octanol–water partition coefficient (Wildman–Crippen LogP) is 3.43. The van der Waals surface area contributed by atoms with Gasteiger partial charge in [-0.1, -0.05) is 54.6 Å². The zero-order chi connectivity index (χ0) is 16.3. The number of amides is 1. The van der Waals surface area contributed by atoms with Gasteiger partial charge >= 0.3 is 6.09 Å². The fourth-order valence-corrected chi connectivity index (χ4v) is 1.65. The van der Waals surface area contributed by atoms with E-state index in [1.807, 2.05) is 63.2 Å². The summed E-state index contributed by atoms with van der Waals surface area (Å²) < 4.78 is 5.17. The molecule has 1 aromatic rings. The van der Waals surface area contributed by atoms with Crippen LogP contribution >= 0.6 is 0 Å². The highest BCUT2D eigenvalue weighted by molar-refractivity contribution is 5.67. The normalized spacial score (nSPS) is 10.5. The maximum absolute atomic E-state index is 11.5. The van der Waals surface area contributed by atoms with Crippen molar-refractivity contribution in [3.63, 3.8) is 0 Å². The molecule has 0 aliphatic rings. The van der Waals surface area contributed by atoms with Gasteiger partial charge in [-0.2, -0.15) is 0 Å². The van der Waals surface area contributed by atoms with Gasteiger partial charge in [0.15, 0.2) is 0 Å². The molecule has 1 aromatic carbocycles. The molecule has 0 aliphatic carbocycles. The highest BCUT2D eigenvalue weighted by Gasteiger charge is 2.15. The van der Waals surface area contributed by atoms with E-state index in [1.54, 1.807) is 0 Å². The van der Waals surface area contributed by atoms with Gasteiger partial charge in [-0.25, -0.2) is 4.79 Å². The second kappa shape index (κ2) is 9.79. The molecular formula is C18H26N2O2. The molecule has 0 radical (unpaired) electrons. The first kappa shape index (κ1) is 18.0. The molecule has 0 fully saturated rings. The summed E-state index contributed by atoms with van der Waals surface area (Å²) in [5.41, 5.74) is 0.714. The lowest BCUT2D eigenvalue weighted by molar-refractivity contribution is 0.0528. The third-order valence-corrected chi connectivity index (χ3v) is 2.59. The first-order chi connectivity index (χ1) is 10.5. The number of carbonyl (C=O) groups is 1. The lowest BCUT2D eigenvalue weighted by atomic mass is 10.2. The largest absolute Gasteiger partial charge is 0.444 e. The third kappa shape index (κ3) is 9.77. The van der Waals surface area contributed by atoms with Gasteiger partial charge < -0.3 is 15.4 Å². The fourth-order valence-electron chi connectivity index (χ4n) is 1.65. The molecule has 0 saturated heterocycles. The van der Waals surface area contributed by atoms with E-state index in [0.29, 0.717) is 13.1 Å². The van der Waals surface area contributed by atoms with Crippen molar-refractivity contribution in [2.24, 2.45) is 0 Å². The Morgan fingerprint density at radius 1 is 0.955 bits per heavy atom. The monoisotopic (exact) mass is 302 g/mol. The van der Waals surface area contributed by atoms with E-state index in [0.717, 1.165) is 6.54 Å². The van der Waals surface area contributed by atoms with Crippen LogP contribution in [0, 0.1) is 0 Å². The molecular weight excluding hydrogens is 276 g/mol. The first-order valence-corrected chi connectivity index (χ1v) is 7.52. The van der Waals surface area contributed by atoms with E-state index in [1.165, 1.54) is 5.56 Å². The Kier molecular flexibility index (Phi) is 8.00. The molecule has 0 atom stereocenters. The minimum Gasteiger partial charge on any atom is -0.444 e. The molecule has 0 heterocycles. The second-order valence-corrected chi connectivity index (χ2v) is 5.86. The van der Waals surface area contributed by atoms with Crippen molar-refractivity contribution in [2.45, 2.75) is 32.9 Å². The molecule has 1 rings (SSSR count). The lowest BCUT2D eigenvalue weighted by Crippen LogP contribution is -2.36. The Hall–Kier alpha value is -2.07. The molecule has 0 aromatic heterocycles. The quantitative estimate of drug-likeness (QED) is 0.819. The Morgan fingerprint density at radius 2 is 1.50 bits per heavy atom. The van der Waals surface area contributed by atoms with Crippen LogP contribution in [0.5, 0.6) is 0 Å². The van der Waals surface area contributed by atoms with Crippen LogP contribution in [0.2, 0.25) is 0 Å². The number of hydrogen-bond acceptors (Lipinski definition) is 3. The number of rotatable bonds is 5. The van der Waals surface area contributed by atoms with Crippen molar-refractivity contribution in [3.05, 3.63) is 60.2 Å². The highest BCUT2D eigenvalue weighted by atomic mass is 16.6. The van der Waals surface area contributed by atoms with E-state index >= 15 is 0 Å². The molecule has 0 bridgehead atoms. The maximum Gasteiger partial charge on any atom is 0.407 e. The number of ether oxygens (including phenoxy) is 1. The van der Waals surface area contributed by atoms with Crippen molar-refractivity contribution in [1.82, 2.24) is 10.6 Å². The van der Waals surface area contributed by atoms with Crippen molar-refractivity contribution >= 4 is 6.09 Å². The topological polar surface area (TPSA) is 50.4 Å². The van der Waals surface area contributed by atoms with E-state index in [-0.39, 0.29) is 6.09 Å². The van der Waals surface area contributed by atoms with Gasteiger partial charge in [0.05, 0.1) is 0 Å². The molecule has 0 saturated carbocycles. The third-order valence-electron chi connectivity index (χ3n) is 2.59. The number of alkyl carbamates (subject to hydrolysis) is 1. The molecule has 120 valence electrons. The van der Waals surface area contributed by atoms with Gasteiger partial charge in [-0.15, -0.1) is 0 Å². The van der Waals surface area contributed by atoms with Crippen LogP contribution in [-0.2, 0) is 11.3 Å².